The van der Waals surface area contributed by atoms with Gasteiger partial charge in [0.2, 0.25) is 5.91 Å². The Morgan fingerprint density at radius 2 is 1.88 bits per heavy atom. The van der Waals surface area contributed by atoms with Crippen molar-refractivity contribution < 1.29 is 9.90 Å². The third-order valence-electron chi connectivity index (χ3n) is 8.08. The minimum absolute atomic E-state index is 0.164. The van der Waals surface area contributed by atoms with Crippen LogP contribution in [-0.4, -0.2) is 39.1 Å². The maximum absolute atomic E-state index is 13.3. The lowest BCUT2D eigenvalue weighted by Crippen LogP contribution is -2.62. The van der Waals surface area contributed by atoms with E-state index in [-0.39, 0.29) is 5.92 Å². The highest BCUT2D eigenvalue weighted by atomic mass is 16.3. The van der Waals surface area contributed by atoms with E-state index >= 15 is 0 Å². The van der Waals surface area contributed by atoms with Crippen molar-refractivity contribution in [3.05, 3.63) is 29.6 Å². The highest BCUT2D eigenvalue weighted by Crippen LogP contribution is 2.58. The maximum Gasteiger partial charge on any atom is 0.226 e. The van der Waals surface area contributed by atoms with Crippen LogP contribution in [0, 0.1) is 29.6 Å². The lowest BCUT2D eigenvalue weighted by atomic mass is 9.52. The molecule has 5 aliphatic carbocycles. The van der Waals surface area contributed by atoms with E-state index < -0.39 is 5.60 Å². The van der Waals surface area contributed by atoms with Crippen molar-refractivity contribution in [2.24, 2.45) is 29.6 Å². The van der Waals surface area contributed by atoms with Gasteiger partial charge in [0, 0.05) is 30.9 Å². The van der Waals surface area contributed by atoms with Gasteiger partial charge in [-0.05, 0) is 85.8 Å². The van der Waals surface area contributed by atoms with Crippen molar-refractivity contribution in [3.63, 3.8) is 0 Å². The van der Waals surface area contributed by atoms with E-state index in [1.54, 1.807) is 0 Å². The van der Waals surface area contributed by atoms with Gasteiger partial charge in [0.05, 0.1) is 5.60 Å². The minimum Gasteiger partial charge on any atom is -0.390 e. The van der Waals surface area contributed by atoms with E-state index in [1.807, 2.05) is 12.4 Å². The number of likely N-dealkylation sites (tertiary alicyclic amines) is 1. The first-order valence-electron chi connectivity index (χ1n) is 10.0. The zero-order valence-electron chi connectivity index (χ0n) is 14.6. The third kappa shape index (κ3) is 2.03. The first-order valence-corrected chi connectivity index (χ1v) is 10.0. The number of aromatic nitrogens is 1. The van der Waals surface area contributed by atoms with Crippen LogP contribution < -0.4 is 0 Å². The van der Waals surface area contributed by atoms with Crippen LogP contribution in [0.5, 0.6) is 0 Å². The Morgan fingerprint density at radius 3 is 2.64 bits per heavy atom. The highest BCUT2D eigenvalue weighted by molar-refractivity contribution is 5.82. The Balaban J connectivity index is 1.29. The smallest absolute Gasteiger partial charge is 0.226 e. The third-order valence-corrected chi connectivity index (χ3v) is 8.08. The fourth-order valence-electron chi connectivity index (χ4n) is 7.44. The largest absolute Gasteiger partial charge is 0.390 e. The van der Waals surface area contributed by atoms with Gasteiger partial charge < -0.3 is 10.0 Å². The lowest BCUT2D eigenvalue weighted by Gasteiger charge is -2.59. The van der Waals surface area contributed by atoms with Gasteiger partial charge in [0.1, 0.15) is 0 Å². The molecule has 4 saturated carbocycles. The average Bonchev–Trinajstić information content (AvgIpc) is 2.87. The van der Waals surface area contributed by atoms with Gasteiger partial charge in [-0.25, -0.2) is 0 Å². The molecule has 1 aromatic rings. The number of nitrogens with zero attached hydrogens (tertiary/aromatic N) is 2. The second-order valence-electron chi connectivity index (χ2n) is 9.59. The summed E-state index contributed by atoms with van der Waals surface area (Å²) >= 11 is 0. The molecule has 4 bridgehead atoms. The number of hydrogen-bond acceptors (Lipinski definition) is 3. The first kappa shape index (κ1) is 14.7. The molecule has 5 fully saturated rings. The van der Waals surface area contributed by atoms with Crippen LogP contribution in [0.3, 0.4) is 0 Å². The van der Waals surface area contributed by atoms with Crippen LogP contribution in [0.25, 0.3) is 0 Å². The van der Waals surface area contributed by atoms with Crippen molar-refractivity contribution in [2.75, 3.05) is 6.54 Å². The average molecular weight is 338 g/mol. The SMILES string of the molecule is O=C1[C@H]2Cc3cnccc3C[C@H]2CN1[C@@H]1[C@@H]2CC3C[C@H]1C[C@](O)(C3)C2. The van der Waals surface area contributed by atoms with E-state index in [9.17, 15) is 9.90 Å². The van der Waals surface area contributed by atoms with Gasteiger partial charge in [-0.3, -0.25) is 9.78 Å². The predicted molar refractivity (Wildman–Crippen MR) is 92.6 cm³/mol. The van der Waals surface area contributed by atoms with Crippen LogP contribution >= 0.6 is 0 Å². The number of carbonyl (C=O) groups excluding carboxylic acids is 1. The Bertz CT molecular complexity index is 731. The van der Waals surface area contributed by atoms with Crippen LogP contribution in [0.15, 0.2) is 18.5 Å². The van der Waals surface area contributed by atoms with Crippen molar-refractivity contribution in [1.82, 2.24) is 9.88 Å². The Morgan fingerprint density at radius 1 is 1.08 bits per heavy atom. The molecular weight excluding hydrogens is 312 g/mol. The first-order chi connectivity index (χ1) is 12.1. The molecule has 1 aromatic heterocycles. The molecule has 25 heavy (non-hydrogen) atoms. The number of amides is 1. The molecule has 0 spiro atoms. The maximum atomic E-state index is 13.3. The standard InChI is InChI=1S/C21H26N2O2/c24-20-18-6-16-10-22-2-1-13(16)5-17(18)11-23(20)19-14-3-12-4-15(19)9-21(25,7-12)8-14/h1-2,10,12,14-15,17-19,25H,3-9,11H2/t12?,14-,15+,17-,18-,19-,21+/m0/s1. The van der Waals surface area contributed by atoms with Crippen molar-refractivity contribution in [2.45, 2.75) is 56.6 Å². The van der Waals surface area contributed by atoms with Crippen molar-refractivity contribution in [3.8, 4) is 0 Å². The van der Waals surface area contributed by atoms with Crippen LogP contribution in [0.4, 0.5) is 0 Å². The molecule has 7 rings (SSSR count). The monoisotopic (exact) mass is 338 g/mol. The van der Waals surface area contributed by atoms with Crippen molar-refractivity contribution >= 4 is 5.91 Å². The van der Waals surface area contributed by atoms with E-state index in [2.05, 4.69) is 16.0 Å². The predicted octanol–water partition coefficient (Wildman–Crippen LogP) is 2.19. The second-order valence-corrected chi connectivity index (χ2v) is 9.59. The molecular formula is C21H26N2O2. The second kappa shape index (κ2) is 4.85. The van der Waals surface area contributed by atoms with Crippen molar-refractivity contribution in [1.29, 1.82) is 0 Å². The summed E-state index contributed by atoms with van der Waals surface area (Å²) in [4.78, 5) is 19.8. The van der Waals surface area contributed by atoms with E-state index in [1.165, 1.54) is 24.0 Å². The Labute approximate surface area is 148 Å². The van der Waals surface area contributed by atoms with Gasteiger partial charge in [0.15, 0.2) is 0 Å². The zero-order chi connectivity index (χ0) is 16.8. The summed E-state index contributed by atoms with van der Waals surface area (Å²) in [5.74, 6) is 2.80. The van der Waals surface area contributed by atoms with E-state index in [0.717, 1.165) is 38.6 Å². The van der Waals surface area contributed by atoms with E-state index in [4.69, 9.17) is 0 Å². The summed E-state index contributed by atoms with van der Waals surface area (Å²) in [7, 11) is 0. The fraction of sp³-hybridized carbons (Fsp3) is 0.714. The summed E-state index contributed by atoms with van der Waals surface area (Å²) in [6.07, 6.45) is 11.1. The van der Waals surface area contributed by atoms with Gasteiger partial charge >= 0.3 is 0 Å². The normalized spacial score (nSPS) is 47.1. The molecule has 4 heteroatoms. The molecule has 6 aliphatic rings. The molecule has 1 N–H and O–H groups in total. The van der Waals surface area contributed by atoms with E-state index in [0.29, 0.717) is 35.6 Å². The topological polar surface area (TPSA) is 53.4 Å². The molecule has 2 heterocycles. The Kier molecular flexibility index (Phi) is 2.85. The van der Waals surface area contributed by atoms with Gasteiger partial charge in [0.25, 0.3) is 0 Å². The quantitative estimate of drug-likeness (QED) is 0.854. The van der Waals surface area contributed by atoms with Gasteiger partial charge in [-0.2, -0.15) is 0 Å². The Hall–Kier alpha value is -1.42. The molecule has 1 saturated heterocycles. The summed E-state index contributed by atoms with van der Waals surface area (Å²) in [5, 5.41) is 10.8. The molecule has 1 aliphatic heterocycles. The molecule has 4 nitrogen and oxygen atoms in total. The minimum atomic E-state index is -0.412. The summed E-state index contributed by atoms with van der Waals surface area (Å²) in [5.41, 5.74) is 2.26. The highest BCUT2D eigenvalue weighted by Gasteiger charge is 2.58. The number of aliphatic hydroxyl groups is 1. The molecule has 132 valence electrons. The number of pyridine rings is 1. The van der Waals surface area contributed by atoms with Crippen LogP contribution in [0.2, 0.25) is 0 Å². The summed E-state index contributed by atoms with van der Waals surface area (Å²) in [6, 6.07) is 2.54. The van der Waals surface area contributed by atoms with Gasteiger partial charge in [-0.15, -0.1) is 0 Å². The molecule has 7 atom stereocenters. The van der Waals surface area contributed by atoms with Crippen LogP contribution in [0.1, 0.15) is 43.2 Å². The molecule has 1 amide bonds. The lowest BCUT2D eigenvalue weighted by molar-refractivity contribution is -0.168. The molecule has 0 aromatic carbocycles. The zero-order valence-corrected chi connectivity index (χ0v) is 14.6. The number of hydrogen-bond donors (Lipinski definition) is 1. The van der Waals surface area contributed by atoms with Gasteiger partial charge in [-0.1, -0.05) is 0 Å². The number of fused-ring (bicyclic) bond motifs is 2. The molecule has 0 radical (unpaired) electrons. The molecule has 1 unspecified atom stereocenters. The fourth-order valence-corrected chi connectivity index (χ4v) is 7.44. The number of rotatable bonds is 1. The summed E-state index contributed by atoms with van der Waals surface area (Å²) in [6.45, 7) is 0.937. The summed E-state index contributed by atoms with van der Waals surface area (Å²) < 4.78 is 0. The number of carbonyl (C=O) groups is 1. The van der Waals surface area contributed by atoms with Crippen LogP contribution in [-0.2, 0) is 17.6 Å².